The Morgan fingerprint density at radius 2 is 1.81 bits per heavy atom. The molecule has 3 heterocycles. The summed E-state index contributed by atoms with van der Waals surface area (Å²) in [6, 6.07) is 1.11. The molecule has 2 unspecified atom stereocenters. The van der Waals surface area contributed by atoms with Gasteiger partial charge in [0, 0.05) is 25.8 Å². The number of halogens is 6. The van der Waals surface area contributed by atoms with Crippen molar-refractivity contribution in [2.75, 3.05) is 31.1 Å². The number of hydrogen-bond donors (Lipinski definition) is 1. The molecular weight excluding hydrogens is 430 g/mol. The number of hydrogen-bond acceptors (Lipinski definition) is 4. The maximum Gasteiger partial charge on any atom is 0.419 e. The second-order valence-corrected chi connectivity index (χ2v) is 7.68. The van der Waals surface area contributed by atoms with Crippen LogP contribution in [-0.4, -0.2) is 60.1 Å². The van der Waals surface area contributed by atoms with Crippen molar-refractivity contribution in [1.82, 2.24) is 15.2 Å². The maximum atomic E-state index is 13.3. The molecule has 2 amide bonds. The van der Waals surface area contributed by atoms with Crippen LogP contribution in [0.25, 0.3) is 0 Å². The predicted octanol–water partition coefficient (Wildman–Crippen LogP) is 2.99. The van der Waals surface area contributed by atoms with E-state index in [9.17, 15) is 35.9 Å². The van der Waals surface area contributed by atoms with Gasteiger partial charge in [-0.1, -0.05) is 0 Å². The SMILES string of the molecule is O=C(NCC(F)(F)F)C1CCCN1C(=O)C1CCCN(c2ncccc2C(F)(F)F)C1. The topological polar surface area (TPSA) is 65.5 Å². The number of aromatic nitrogens is 1. The molecule has 0 bridgehead atoms. The molecule has 0 radical (unpaired) electrons. The fourth-order valence-corrected chi connectivity index (χ4v) is 4.08. The molecule has 2 aliphatic rings. The largest absolute Gasteiger partial charge is 0.419 e. The van der Waals surface area contributed by atoms with Gasteiger partial charge in [0.1, 0.15) is 18.4 Å². The van der Waals surface area contributed by atoms with Gasteiger partial charge in [0.25, 0.3) is 0 Å². The van der Waals surface area contributed by atoms with Gasteiger partial charge in [-0.3, -0.25) is 9.59 Å². The van der Waals surface area contributed by atoms with Gasteiger partial charge in [0.15, 0.2) is 0 Å². The van der Waals surface area contributed by atoms with Crippen LogP contribution in [0.5, 0.6) is 0 Å². The molecule has 31 heavy (non-hydrogen) atoms. The zero-order valence-corrected chi connectivity index (χ0v) is 16.5. The van der Waals surface area contributed by atoms with Gasteiger partial charge in [0.05, 0.1) is 11.5 Å². The van der Waals surface area contributed by atoms with Crippen LogP contribution in [-0.2, 0) is 15.8 Å². The van der Waals surface area contributed by atoms with Crippen molar-refractivity contribution in [3.05, 3.63) is 23.9 Å². The van der Waals surface area contributed by atoms with Gasteiger partial charge in [-0.15, -0.1) is 0 Å². The first kappa shape index (κ1) is 23.1. The lowest BCUT2D eigenvalue weighted by Gasteiger charge is -2.36. The first-order valence-corrected chi connectivity index (χ1v) is 9.89. The first-order valence-electron chi connectivity index (χ1n) is 9.89. The molecule has 0 aliphatic carbocycles. The highest BCUT2D eigenvalue weighted by Gasteiger charge is 2.41. The zero-order chi connectivity index (χ0) is 22.8. The van der Waals surface area contributed by atoms with Crippen molar-refractivity contribution in [2.45, 2.75) is 44.1 Å². The highest BCUT2D eigenvalue weighted by atomic mass is 19.4. The Balaban J connectivity index is 1.70. The Bertz CT molecular complexity index is 813. The summed E-state index contributed by atoms with van der Waals surface area (Å²) in [5.41, 5.74) is -0.895. The fourth-order valence-electron chi connectivity index (χ4n) is 4.08. The van der Waals surface area contributed by atoms with E-state index < -0.39 is 48.2 Å². The third-order valence-electron chi connectivity index (χ3n) is 5.46. The number of rotatable bonds is 4. The van der Waals surface area contributed by atoms with E-state index in [-0.39, 0.29) is 25.3 Å². The van der Waals surface area contributed by atoms with Gasteiger partial charge in [-0.2, -0.15) is 26.3 Å². The molecule has 3 rings (SSSR count). The van der Waals surface area contributed by atoms with Crippen LogP contribution in [0.1, 0.15) is 31.2 Å². The highest BCUT2D eigenvalue weighted by Crippen LogP contribution is 2.37. The summed E-state index contributed by atoms with van der Waals surface area (Å²) in [5.74, 6) is -2.24. The zero-order valence-electron chi connectivity index (χ0n) is 16.5. The van der Waals surface area contributed by atoms with Crippen molar-refractivity contribution in [3.63, 3.8) is 0 Å². The van der Waals surface area contributed by atoms with Crippen LogP contribution in [0.2, 0.25) is 0 Å². The van der Waals surface area contributed by atoms with Crippen molar-refractivity contribution in [3.8, 4) is 0 Å². The third kappa shape index (κ3) is 5.59. The highest BCUT2D eigenvalue weighted by molar-refractivity contribution is 5.89. The molecule has 2 saturated heterocycles. The number of alkyl halides is 6. The standard InChI is InChI=1S/C19H22F6N4O2/c20-18(21,22)11-27-16(30)14-6-3-9-29(14)17(31)12-4-2-8-28(10-12)15-13(19(23,24)25)5-1-7-26-15/h1,5,7,12,14H,2-4,6,8-11H2,(H,27,30). The van der Waals surface area contributed by atoms with Crippen molar-refractivity contribution in [2.24, 2.45) is 5.92 Å². The minimum absolute atomic E-state index is 0.00762. The normalized spacial score (nSPS) is 22.5. The minimum atomic E-state index is -4.60. The molecule has 1 N–H and O–H groups in total. The molecule has 2 aliphatic heterocycles. The summed E-state index contributed by atoms with van der Waals surface area (Å²) in [7, 11) is 0. The van der Waals surface area contributed by atoms with E-state index in [1.807, 2.05) is 5.32 Å². The average molecular weight is 452 g/mol. The Labute approximate surface area is 174 Å². The Hall–Kier alpha value is -2.53. The van der Waals surface area contributed by atoms with Gasteiger partial charge in [-0.05, 0) is 37.8 Å². The van der Waals surface area contributed by atoms with Gasteiger partial charge in [-0.25, -0.2) is 4.98 Å². The van der Waals surface area contributed by atoms with Gasteiger partial charge in [0.2, 0.25) is 11.8 Å². The molecule has 2 atom stereocenters. The molecule has 1 aromatic heterocycles. The van der Waals surface area contributed by atoms with Crippen LogP contribution in [0.3, 0.4) is 0 Å². The third-order valence-corrected chi connectivity index (χ3v) is 5.46. The molecule has 0 aromatic carbocycles. The molecule has 2 fully saturated rings. The Kier molecular flexibility index (Phi) is 6.65. The van der Waals surface area contributed by atoms with E-state index in [4.69, 9.17) is 0 Å². The molecule has 1 aromatic rings. The number of carbonyl (C=O) groups excluding carboxylic acids is 2. The van der Waals surface area contributed by atoms with E-state index in [1.165, 1.54) is 22.1 Å². The number of carbonyl (C=O) groups is 2. The van der Waals surface area contributed by atoms with Crippen molar-refractivity contribution < 1.29 is 35.9 Å². The number of piperidine rings is 1. The number of likely N-dealkylation sites (tertiary alicyclic amines) is 1. The summed E-state index contributed by atoms with van der Waals surface area (Å²) in [6.45, 7) is -0.982. The second-order valence-electron chi connectivity index (χ2n) is 7.68. The number of nitrogens with one attached hydrogen (secondary N) is 1. The minimum Gasteiger partial charge on any atom is -0.355 e. The van der Waals surface area contributed by atoms with Crippen molar-refractivity contribution >= 4 is 17.6 Å². The van der Waals surface area contributed by atoms with Crippen LogP contribution < -0.4 is 10.2 Å². The Morgan fingerprint density at radius 3 is 2.48 bits per heavy atom. The average Bonchev–Trinajstić information content (AvgIpc) is 3.20. The lowest BCUT2D eigenvalue weighted by atomic mass is 9.95. The van der Waals surface area contributed by atoms with Crippen LogP contribution in [0.15, 0.2) is 18.3 Å². The maximum absolute atomic E-state index is 13.3. The molecule has 0 spiro atoms. The number of anilines is 1. The van der Waals surface area contributed by atoms with Gasteiger partial charge < -0.3 is 15.1 Å². The molecule has 0 saturated carbocycles. The molecular formula is C19H22F6N4O2. The number of amides is 2. The van der Waals surface area contributed by atoms with E-state index in [0.29, 0.717) is 25.8 Å². The van der Waals surface area contributed by atoms with Crippen LogP contribution >= 0.6 is 0 Å². The van der Waals surface area contributed by atoms with Crippen LogP contribution in [0, 0.1) is 5.92 Å². The van der Waals surface area contributed by atoms with E-state index in [2.05, 4.69) is 4.98 Å². The number of nitrogens with zero attached hydrogens (tertiary/aromatic N) is 3. The lowest BCUT2D eigenvalue weighted by Crippen LogP contribution is -2.51. The lowest BCUT2D eigenvalue weighted by molar-refractivity contribution is -0.146. The summed E-state index contributed by atoms with van der Waals surface area (Å²) in [4.78, 5) is 31.7. The second kappa shape index (κ2) is 8.91. The fraction of sp³-hybridized carbons (Fsp3) is 0.632. The molecule has 12 heteroatoms. The van der Waals surface area contributed by atoms with E-state index >= 15 is 0 Å². The molecule has 172 valence electrons. The predicted molar refractivity (Wildman–Crippen MR) is 98.0 cm³/mol. The summed E-state index contributed by atoms with van der Waals surface area (Å²) >= 11 is 0. The summed E-state index contributed by atoms with van der Waals surface area (Å²) < 4.78 is 77.2. The monoisotopic (exact) mass is 452 g/mol. The Morgan fingerprint density at radius 1 is 1.10 bits per heavy atom. The first-order chi connectivity index (χ1) is 14.5. The summed E-state index contributed by atoms with van der Waals surface area (Å²) in [6.07, 6.45) is -6.35. The van der Waals surface area contributed by atoms with Crippen molar-refractivity contribution in [1.29, 1.82) is 0 Å². The van der Waals surface area contributed by atoms with E-state index in [0.717, 1.165) is 6.07 Å². The van der Waals surface area contributed by atoms with Gasteiger partial charge >= 0.3 is 12.4 Å². The molecule has 6 nitrogen and oxygen atoms in total. The summed E-state index contributed by atoms with van der Waals surface area (Å²) in [5, 5.41) is 1.81. The van der Waals surface area contributed by atoms with E-state index in [1.54, 1.807) is 0 Å². The smallest absolute Gasteiger partial charge is 0.355 e. The number of pyridine rings is 1. The van der Waals surface area contributed by atoms with Crippen LogP contribution in [0.4, 0.5) is 32.2 Å². The quantitative estimate of drug-likeness (QED) is 0.714.